The molecule has 28 heavy (non-hydrogen) atoms. The fourth-order valence-electron chi connectivity index (χ4n) is 2.62. The highest BCUT2D eigenvalue weighted by molar-refractivity contribution is 6.39. The van der Waals surface area contributed by atoms with Crippen LogP contribution < -0.4 is 20.5 Å². The van der Waals surface area contributed by atoms with Gasteiger partial charge >= 0.3 is 6.61 Å². The SMILES string of the molecule is CC1N=C(C(=O)NCc2ccccc2OC(F)F)NN(c2ccccc2)C1=O. The normalized spacial score (nSPS) is 16.4. The number of hydrazine groups is 1. The third-order valence-corrected chi connectivity index (χ3v) is 3.98. The van der Waals surface area contributed by atoms with Crippen molar-refractivity contribution >= 4 is 23.3 Å². The first-order chi connectivity index (χ1) is 13.5. The summed E-state index contributed by atoms with van der Waals surface area (Å²) in [6, 6.07) is 14.2. The van der Waals surface area contributed by atoms with Gasteiger partial charge in [-0.3, -0.25) is 15.0 Å². The molecule has 0 radical (unpaired) electrons. The molecule has 1 atom stereocenters. The van der Waals surface area contributed by atoms with Crippen LogP contribution >= 0.6 is 0 Å². The van der Waals surface area contributed by atoms with Crippen LogP contribution in [0, 0.1) is 0 Å². The second-order valence-electron chi connectivity index (χ2n) is 5.94. The molecule has 2 N–H and O–H groups in total. The second kappa shape index (κ2) is 8.47. The highest BCUT2D eigenvalue weighted by Crippen LogP contribution is 2.20. The molecule has 2 aromatic rings. The molecule has 0 fully saturated rings. The van der Waals surface area contributed by atoms with E-state index in [2.05, 4.69) is 20.5 Å². The second-order valence-corrected chi connectivity index (χ2v) is 5.94. The Labute approximate surface area is 160 Å². The van der Waals surface area contributed by atoms with Crippen molar-refractivity contribution in [3.63, 3.8) is 0 Å². The summed E-state index contributed by atoms with van der Waals surface area (Å²) in [5.74, 6) is -0.959. The fraction of sp³-hybridized carbons (Fsp3) is 0.211. The fourth-order valence-corrected chi connectivity index (χ4v) is 2.62. The number of para-hydroxylation sites is 2. The molecule has 2 amide bonds. The zero-order valence-electron chi connectivity index (χ0n) is 14.9. The molecule has 146 valence electrons. The topological polar surface area (TPSA) is 83.0 Å². The summed E-state index contributed by atoms with van der Waals surface area (Å²) >= 11 is 0. The van der Waals surface area contributed by atoms with Gasteiger partial charge in [0, 0.05) is 12.1 Å². The summed E-state index contributed by atoms with van der Waals surface area (Å²) in [6.07, 6.45) is 0. The van der Waals surface area contributed by atoms with Crippen molar-refractivity contribution in [3.8, 4) is 5.75 Å². The molecule has 9 heteroatoms. The Morgan fingerprint density at radius 3 is 2.61 bits per heavy atom. The van der Waals surface area contributed by atoms with Crippen LogP contribution in [0.2, 0.25) is 0 Å². The van der Waals surface area contributed by atoms with E-state index < -0.39 is 18.6 Å². The van der Waals surface area contributed by atoms with Gasteiger partial charge in [-0.1, -0.05) is 36.4 Å². The molecular weight excluding hydrogens is 370 g/mol. The zero-order chi connectivity index (χ0) is 20.1. The summed E-state index contributed by atoms with van der Waals surface area (Å²) in [4.78, 5) is 28.9. The van der Waals surface area contributed by atoms with Crippen LogP contribution in [0.1, 0.15) is 12.5 Å². The Morgan fingerprint density at radius 1 is 1.21 bits per heavy atom. The van der Waals surface area contributed by atoms with Gasteiger partial charge in [-0.15, -0.1) is 0 Å². The first kappa shape index (κ1) is 19.3. The van der Waals surface area contributed by atoms with Crippen LogP contribution in [-0.4, -0.2) is 30.3 Å². The maximum atomic E-state index is 12.5. The minimum atomic E-state index is -2.97. The van der Waals surface area contributed by atoms with Gasteiger partial charge in [0.05, 0.1) is 5.69 Å². The van der Waals surface area contributed by atoms with E-state index in [9.17, 15) is 18.4 Å². The minimum absolute atomic E-state index is 0.0224. The predicted octanol–water partition coefficient (Wildman–Crippen LogP) is 2.24. The highest BCUT2D eigenvalue weighted by Gasteiger charge is 2.30. The van der Waals surface area contributed by atoms with Gasteiger partial charge in [-0.2, -0.15) is 8.78 Å². The lowest BCUT2D eigenvalue weighted by atomic mass is 10.2. The Hall–Kier alpha value is -3.49. The van der Waals surface area contributed by atoms with E-state index in [1.807, 2.05) is 6.07 Å². The van der Waals surface area contributed by atoms with Crippen LogP contribution in [0.5, 0.6) is 5.75 Å². The van der Waals surface area contributed by atoms with E-state index in [1.165, 1.54) is 11.1 Å². The summed E-state index contributed by atoms with van der Waals surface area (Å²) in [5, 5.41) is 3.85. The van der Waals surface area contributed by atoms with Gasteiger partial charge in [-0.05, 0) is 25.1 Å². The lowest BCUT2D eigenvalue weighted by Crippen LogP contribution is -2.57. The number of hydrogen-bond donors (Lipinski definition) is 2. The van der Waals surface area contributed by atoms with E-state index in [4.69, 9.17) is 0 Å². The van der Waals surface area contributed by atoms with Crippen molar-refractivity contribution in [3.05, 3.63) is 60.2 Å². The number of carbonyl (C=O) groups is 2. The first-order valence-corrected chi connectivity index (χ1v) is 8.50. The molecule has 0 aliphatic carbocycles. The zero-order valence-corrected chi connectivity index (χ0v) is 14.9. The van der Waals surface area contributed by atoms with E-state index in [0.29, 0.717) is 11.3 Å². The molecule has 3 rings (SSSR count). The lowest BCUT2D eigenvalue weighted by Gasteiger charge is -2.30. The number of amides is 2. The number of anilines is 1. The third kappa shape index (κ3) is 4.43. The molecule has 1 heterocycles. The Morgan fingerprint density at radius 2 is 1.89 bits per heavy atom. The quantitative estimate of drug-likeness (QED) is 0.795. The number of alkyl halides is 2. The number of benzene rings is 2. The summed E-state index contributed by atoms with van der Waals surface area (Å²) < 4.78 is 29.4. The highest BCUT2D eigenvalue weighted by atomic mass is 19.3. The number of halogens is 2. The summed E-state index contributed by atoms with van der Waals surface area (Å²) in [6.45, 7) is -1.43. The van der Waals surface area contributed by atoms with Crippen molar-refractivity contribution in [1.82, 2.24) is 10.7 Å². The maximum absolute atomic E-state index is 12.5. The van der Waals surface area contributed by atoms with Crippen LogP contribution in [-0.2, 0) is 16.1 Å². The number of amidine groups is 1. The number of carbonyl (C=O) groups excluding carboxylic acids is 2. The van der Waals surface area contributed by atoms with Gasteiger partial charge in [0.25, 0.3) is 11.8 Å². The summed E-state index contributed by atoms with van der Waals surface area (Å²) in [7, 11) is 0. The minimum Gasteiger partial charge on any atom is -0.434 e. The van der Waals surface area contributed by atoms with E-state index in [-0.39, 0.29) is 24.0 Å². The van der Waals surface area contributed by atoms with E-state index in [1.54, 1.807) is 49.4 Å². The molecule has 0 saturated heterocycles. The van der Waals surface area contributed by atoms with Crippen molar-refractivity contribution in [2.75, 3.05) is 5.01 Å². The lowest BCUT2D eigenvalue weighted by molar-refractivity contribution is -0.120. The molecule has 1 aliphatic heterocycles. The van der Waals surface area contributed by atoms with Gasteiger partial charge in [0.1, 0.15) is 11.8 Å². The van der Waals surface area contributed by atoms with Crippen LogP contribution in [0.3, 0.4) is 0 Å². The third-order valence-electron chi connectivity index (χ3n) is 3.98. The number of rotatable bonds is 6. The molecule has 0 aromatic heterocycles. The van der Waals surface area contributed by atoms with Gasteiger partial charge < -0.3 is 10.1 Å². The maximum Gasteiger partial charge on any atom is 0.387 e. The van der Waals surface area contributed by atoms with E-state index in [0.717, 1.165) is 0 Å². The number of nitrogens with zero attached hydrogens (tertiary/aromatic N) is 2. The molecule has 0 bridgehead atoms. The van der Waals surface area contributed by atoms with Crippen molar-refractivity contribution in [2.24, 2.45) is 4.99 Å². The average Bonchev–Trinajstić information content (AvgIpc) is 2.69. The molecule has 2 aromatic carbocycles. The predicted molar refractivity (Wildman–Crippen MR) is 98.9 cm³/mol. The molecule has 0 spiro atoms. The standard InChI is InChI=1S/C19H18F2N4O3/c1-12-18(27)25(14-8-3-2-4-9-14)24-16(23-12)17(26)22-11-13-7-5-6-10-15(13)28-19(20)21/h2-10,12,19H,11H2,1H3,(H,22,26)(H,23,24). The Bertz CT molecular complexity index is 890. The van der Waals surface area contributed by atoms with Gasteiger partial charge in [0.2, 0.25) is 5.84 Å². The largest absolute Gasteiger partial charge is 0.434 e. The number of ether oxygens (including phenoxy) is 1. The van der Waals surface area contributed by atoms with Crippen molar-refractivity contribution in [2.45, 2.75) is 26.1 Å². The molecule has 1 unspecified atom stereocenters. The van der Waals surface area contributed by atoms with Gasteiger partial charge in [-0.25, -0.2) is 10.0 Å². The monoisotopic (exact) mass is 388 g/mol. The van der Waals surface area contributed by atoms with Crippen molar-refractivity contribution < 1.29 is 23.1 Å². The van der Waals surface area contributed by atoms with Crippen LogP contribution in [0.15, 0.2) is 59.6 Å². The summed E-state index contributed by atoms with van der Waals surface area (Å²) in [5.41, 5.74) is 3.65. The Balaban J connectivity index is 1.71. The smallest absolute Gasteiger partial charge is 0.387 e. The number of hydrogen-bond acceptors (Lipinski definition) is 5. The average molecular weight is 388 g/mol. The molecule has 0 saturated carbocycles. The first-order valence-electron chi connectivity index (χ1n) is 8.50. The Kier molecular flexibility index (Phi) is 5.83. The number of aliphatic imine (C=N–C) groups is 1. The molecule has 7 nitrogen and oxygen atoms in total. The molecule has 1 aliphatic rings. The van der Waals surface area contributed by atoms with E-state index >= 15 is 0 Å². The van der Waals surface area contributed by atoms with Crippen LogP contribution in [0.25, 0.3) is 0 Å². The van der Waals surface area contributed by atoms with Gasteiger partial charge in [0.15, 0.2) is 0 Å². The van der Waals surface area contributed by atoms with Crippen LogP contribution in [0.4, 0.5) is 14.5 Å². The number of nitrogens with one attached hydrogen (secondary N) is 2. The molecular formula is C19H18F2N4O3. The van der Waals surface area contributed by atoms with Crippen molar-refractivity contribution in [1.29, 1.82) is 0 Å².